The highest BCUT2D eigenvalue weighted by molar-refractivity contribution is 5.89. The fraction of sp³-hybridized carbons (Fsp3) is 0.771. The Morgan fingerprint density at radius 2 is 1.72 bits per heavy atom. The molecule has 4 unspecified atom stereocenters. The number of ether oxygens (including phenoxy) is 7. The lowest BCUT2D eigenvalue weighted by molar-refractivity contribution is -0.317. The van der Waals surface area contributed by atoms with Gasteiger partial charge in [0.2, 0.25) is 0 Å². The summed E-state index contributed by atoms with van der Waals surface area (Å²) in [5.74, 6) is -2.51. The van der Waals surface area contributed by atoms with E-state index in [9.17, 15) is 19.8 Å². The molecule has 5 saturated carbocycles. The number of methoxy groups -OCH3 is 5. The maximum atomic E-state index is 13.9. The minimum Gasteiger partial charge on any atom is -0.497 e. The molecule has 1 aromatic rings. The maximum Gasteiger partial charge on any atom is 0.338 e. The Kier molecular flexibility index (Phi) is 8.02. The molecular weight excluding hydrogens is 610 g/mol. The van der Waals surface area contributed by atoms with Crippen molar-refractivity contribution in [1.29, 1.82) is 0 Å². The molecule has 6 aliphatic rings. The molecule has 7 bridgehead atoms. The zero-order chi connectivity index (χ0) is 33.7. The second-order valence-electron chi connectivity index (χ2n) is 14.7. The van der Waals surface area contributed by atoms with Crippen LogP contribution >= 0.6 is 0 Å². The van der Waals surface area contributed by atoms with E-state index in [1.165, 1.54) is 14.0 Å². The van der Waals surface area contributed by atoms with Crippen molar-refractivity contribution in [2.45, 2.75) is 80.9 Å². The summed E-state index contributed by atoms with van der Waals surface area (Å²) in [6.45, 7) is 5.39. The van der Waals surface area contributed by atoms with Crippen LogP contribution in [0.25, 0.3) is 0 Å². The summed E-state index contributed by atoms with van der Waals surface area (Å²) < 4.78 is 43.1. The lowest BCUT2D eigenvalue weighted by atomic mass is 9.43. The summed E-state index contributed by atoms with van der Waals surface area (Å²) in [6.07, 6.45) is -2.79. The number of benzene rings is 1. The van der Waals surface area contributed by atoms with E-state index in [0.29, 0.717) is 18.9 Å². The summed E-state index contributed by atoms with van der Waals surface area (Å²) in [5, 5.41) is 25.4. The molecule has 0 aromatic heterocycles. The molecule has 1 spiro atoms. The van der Waals surface area contributed by atoms with E-state index in [0.717, 1.165) is 19.4 Å². The molecule has 1 aliphatic heterocycles. The van der Waals surface area contributed by atoms with Crippen LogP contribution in [0.2, 0.25) is 0 Å². The number of piperidine rings is 1. The van der Waals surface area contributed by atoms with Gasteiger partial charge in [-0.05, 0) is 56.0 Å². The number of rotatable bonds is 10. The summed E-state index contributed by atoms with van der Waals surface area (Å²) in [5.41, 5.74) is -4.08. The normalized spacial score (nSPS) is 47.4. The van der Waals surface area contributed by atoms with E-state index < -0.39 is 70.7 Å². The third kappa shape index (κ3) is 3.95. The molecule has 12 heteroatoms. The first-order chi connectivity index (χ1) is 22.5. The van der Waals surface area contributed by atoms with E-state index in [1.54, 1.807) is 52.7 Å². The number of carbonyl (C=O) groups is 2. The molecule has 1 aromatic carbocycles. The van der Waals surface area contributed by atoms with E-state index in [-0.39, 0.29) is 35.5 Å². The van der Waals surface area contributed by atoms with Gasteiger partial charge in [0, 0.05) is 76.5 Å². The van der Waals surface area contributed by atoms with Gasteiger partial charge in [0.25, 0.3) is 0 Å². The minimum absolute atomic E-state index is 0.118. The number of hydrogen-bond acceptors (Lipinski definition) is 12. The van der Waals surface area contributed by atoms with Crippen LogP contribution < -0.4 is 4.74 Å². The van der Waals surface area contributed by atoms with Crippen molar-refractivity contribution in [2.75, 3.05) is 55.2 Å². The number of carbonyl (C=O) groups excluding carboxylic acids is 2. The molecule has 260 valence electrons. The smallest absolute Gasteiger partial charge is 0.338 e. The number of aliphatic hydroxyl groups excluding tert-OH is 1. The van der Waals surface area contributed by atoms with E-state index in [2.05, 4.69) is 11.8 Å². The Bertz CT molecular complexity index is 1390. The molecule has 6 fully saturated rings. The van der Waals surface area contributed by atoms with Gasteiger partial charge in [-0.1, -0.05) is 6.92 Å². The maximum absolute atomic E-state index is 13.9. The molecule has 0 radical (unpaired) electrons. The number of esters is 2. The van der Waals surface area contributed by atoms with Crippen LogP contribution in [0.15, 0.2) is 24.3 Å². The van der Waals surface area contributed by atoms with Gasteiger partial charge < -0.3 is 43.4 Å². The van der Waals surface area contributed by atoms with Crippen LogP contribution in [0.3, 0.4) is 0 Å². The Labute approximate surface area is 275 Å². The number of fused-ring (bicyclic) bond motifs is 2. The Morgan fingerprint density at radius 1 is 1.00 bits per heavy atom. The van der Waals surface area contributed by atoms with Crippen LogP contribution in [0.5, 0.6) is 5.75 Å². The molecule has 7 rings (SSSR count). The summed E-state index contributed by atoms with van der Waals surface area (Å²) in [4.78, 5) is 29.6. The van der Waals surface area contributed by atoms with Gasteiger partial charge in [-0.25, -0.2) is 4.79 Å². The average molecular weight is 660 g/mol. The lowest BCUT2D eigenvalue weighted by Gasteiger charge is -2.69. The van der Waals surface area contributed by atoms with E-state index in [4.69, 9.17) is 33.2 Å². The second-order valence-corrected chi connectivity index (χ2v) is 14.7. The van der Waals surface area contributed by atoms with Crippen molar-refractivity contribution < 1.29 is 53.0 Å². The highest BCUT2D eigenvalue weighted by Crippen LogP contribution is 2.80. The fourth-order valence-electron chi connectivity index (χ4n) is 12.5. The van der Waals surface area contributed by atoms with Crippen molar-refractivity contribution in [3.8, 4) is 5.75 Å². The average Bonchev–Trinajstić information content (AvgIpc) is 3.43. The lowest BCUT2D eigenvalue weighted by Crippen LogP contribution is -2.80. The summed E-state index contributed by atoms with van der Waals surface area (Å²) >= 11 is 0. The van der Waals surface area contributed by atoms with Crippen molar-refractivity contribution in [2.24, 2.45) is 34.5 Å². The molecule has 1 heterocycles. The van der Waals surface area contributed by atoms with Gasteiger partial charge in [-0.15, -0.1) is 0 Å². The van der Waals surface area contributed by atoms with Crippen LogP contribution in [0, 0.1) is 34.5 Å². The summed E-state index contributed by atoms with van der Waals surface area (Å²) in [7, 11) is 8.11. The van der Waals surface area contributed by atoms with Gasteiger partial charge >= 0.3 is 11.9 Å². The molecule has 5 aliphatic carbocycles. The Balaban J connectivity index is 1.48. The zero-order valence-corrected chi connectivity index (χ0v) is 28.3. The summed E-state index contributed by atoms with van der Waals surface area (Å²) in [6, 6.07) is 6.32. The van der Waals surface area contributed by atoms with Gasteiger partial charge in [0.15, 0.2) is 5.60 Å². The van der Waals surface area contributed by atoms with Crippen LogP contribution in [0.1, 0.15) is 43.5 Å². The molecule has 0 amide bonds. The van der Waals surface area contributed by atoms with Crippen LogP contribution in [0.4, 0.5) is 0 Å². The minimum atomic E-state index is -1.79. The quantitative estimate of drug-likeness (QED) is 0.353. The molecular formula is C35H49NO11. The standard InChI is InChI=1S/C35H49NO11/c1-8-36-16-32(17-41-3)14-13-22(43-5)34-21-15-33(40)29(46-31(39)19-9-11-20(42-4)12-10-19)23(21)35(47-18(2)37,28(38)30(33)45-7)24(27(34)36)25(44-6)26(32)34/h9-12,21-30,38,40H,8,13-17H2,1-7H3/t21-,22?,23+,24?,25-,26+,27?,28-,29+,30-,32-,33-,34?,35+/m0/s1. The largest absolute Gasteiger partial charge is 0.497 e. The van der Waals surface area contributed by atoms with Gasteiger partial charge in [0.1, 0.15) is 29.7 Å². The van der Waals surface area contributed by atoms with E-state index >= 15 is 0 Å². The number of nitrogens with zero attached hydrogens (tertiary/aromatic N) is 1. The van der Waals surface area contributed by atoms with Crippen molar-refractivity contribution in [1.82, 2.24) is 4.90 Å². The van der Waals surface area contributed by atoms with Crippen LogP contribution in [-0.2, 0) is 33.2 Å². The zero-order valence-electron chi connectivity index (χ0n) is 28.3. The monoisotopic (exact) mass is 659 g/mol. The number of hydrogen-bond donors (Lipinski definition) is 2. The molecule has 12 nitrogen and oxygen atoms in total. The van der Waals surface area contributed by atoms with Crippen molar-refractivity contribution in [3.05, 3.63) is 29.8 Å². The van der Waals surface area contributed by atoms with Gasteiger partial charge in [0.05, 0.1) is 31.5 Å². The first-order valence-electron chi connectivity index (χ1n) is 16.8. The first kappa shape index (κ1) is 33.2. The number of likely N-dealkylation sites (tertiary alicyclic amines) is 1. The van der Waals surface area contributed by atoms with Crippen molar-refractivity contribution in [3.63, 3.8) is 0 Å². The highest BCUT2D eigenvalue weighted by Gasteiger charge is 2.91. The van der Waals surface area contributed by atoms with Crippen molar-refractivity contribution >= 4 is 11.9 Å². The highest BCUT2D eigenvalue weighted by atomic mass is 16.6. The SMILES string of the molecule is CCN1C[C@]2(COC)CCC(OC)C34C1C([C@H](OC)[C@@H]32)[C@]1(OC(C)=O)[C@H]2[C@@H](OC(=O)c3ccc(OC)cc3)[C@@](O)(C[C@@H]24)[C@@H](OC)[C@@H]1O. The predicted octanol–water partition coefficient (Wildman–Crippen LogP) is 1.69. The third-order valence-electron chi connectivity index (χ3n) is 13.4. The fourth-order valence-corrected chi connectivity index (χ4v) is 12.5. The Hall–Kier alpha value is -2.32. The van der Waals surface area contributed by atoms with Crippen LogP contribution in [-0.4, -0.2) is 130 Å². The second kappa shape index (κ2) is 11.4. The topological polar surface area (TPSA) is 142 Å². The molecule has 2 N–H and O–H groups in total. The van der Waals surface area contributed by atoms with E-state index in [1.807, 2.05) is 0 Å². The van der Waals surface area contributed by atoms with Gasteiger partial charge in [-0.3, -0.25) is 9.69 Å². The molecule has 14 atom stereocenters. The number of aliphatic hydroxyl groups is 2. The first-order valence-corrected chi connectivity index (χ1v) is 16.8. The predicted molar refractivity (Wildman–Crippen MR) is 166 cm³/mol. The molecule has 47 heavy (non-hydrogen) atoms. The molecule has 1 saturated heterocycles. The third-order valence-corrected chi connectivity index (χ3v) is 13.4. The van der Waals surface area contributed by atoms with Gasteiger partial charge in [-0.2, -0.15) is 0 Å². The Morgan fingerprint density at radius 3 is 2.30 bits per heavy atom.